The minimum atomic E-state index is -0.525. The van der Waals surface area contributed by atoms with Gasteiger partial charge < -0.3 is 16.1 Å². The lowest BCUT2D eigenvalue weighted by Gasteiger charge is -2.30. The molecule has 1 aliphatic carbocycles. The minimum Gasteiger partial charge on any atom is -0.366 e. The highest BCUT2D eigenvalue weighted by atomic mass is 16.1. The number of carbonyl (C=O) groups is 1. The maximum atomic E-state index is 11.8. The van der Waals surface area contributed by atoms with Crippen molar-refractivity contribution in [1.82, 2.24) is 9.58 Å². The van der Waals surface area contributed by atoms with Crippen molar-refractivity contribution in [3.05, 3.63) is 34.2 Å². The highest BCUT2D eigenvalue weighted by Crippen LogP contribution is 2.36. The summed E-state index contributed by atoms with van der Waals surface area (Å²) in [6, 6.07) is 3.73. The molecule has 0 radical (unpaired) electrons. The number of likely N-dealkylation sites (tertiary alicyclic amines) is 1. The van der Waals surface area contributed by atoms with E-state index in [9.17, 15) is 9.59 Å². The lowest BCUT2D eigenvalue weighted by Crippen LogP contribution is -2.44. The van der Waals surface area contributed by atoms with Gasteiger partial charge in [-0.3, -0.25) is 9.59 Å². The van der Waals surface area contributed by atoms with Crippen LogP contribution in [0.5, 0.6) is 0 Å². The number of nitrogens with one attached hydrogen (secondary N) is 1. The fourth-order valence-corrected chi connectivity index (χ4v) is 3.25. The number of primary amides is 1. The van der Waals surface area contributed by atoms with E-state index in [1.807, 2.05) is 0 Å². The van der Waals surface area contributed by atoms with Crippen LogP contribution in [0.15, 0.2) is 23.1 Å². The Morgan fingerprint density at radius 1 is 1.42 bits per heavy atom. The molecule has 2 fully saturated rings. The molecule has 1 aliphatic heterocycles. The fraction of sp³-hybridized carbons (Fsp3) is 0.538. The largest absolute Gasteiger partial charge is 0.366 e. The molecular weight excluding hydrogens is 244 g/mol. The van der Waals surface area contributed by atoms with Gasteiger partial charge in [0.2, 0.25) is 5.91 Å². The van der Waals surface area contributed by atoms with E-state index in [2.05, 4.69) is 17.4 Å². The molecule has 0 aromatic carbocycles. The molecule has 1 amide bonds. The summed E-state index contributed by atoms with van der Waals surface area (Å²) in [5.41, 5.74) is 8.63. The van der Waals surface area contributed by atoms with Crippen LogP contribution in [0.1, 0.15) is 23.2 Å². The molecule has 19 heavy (non-hydrogen) atoms. The second-order valence-electron chi connectivity index (χ2n) is 5.55. The summed E-state index contributed by atoms with van der Waals surface area (Å²) in [6.45, 7) is 1.06. The topological polar surface area (TPSA) is 80.4 Å². The average Bonchev–Trinajstić information content (AvgIpc) is 2.90. The SMILES string of the molecule is CN1C[C@@H]2C[C@H]1C[C@@H]2Nn1cc(C(N)=O)ccc1=O. The van der Waals surface area contributed by atoms with Crippen LogP contribution in [-0.2, 0) is 0 Å². The van der Waals surface area contributed by atoms with Gasteiger partial charge in [0.05, 0.1) is 5.56 Å². The molecule has 6 nitrogen and oxygen atoms in total. The van der Waals surface area contributed by atoms with E-state index in [0.717, 1.165) is 13.0 Å². The van der Waals surface area contributed by atoms with Gasteiger partial charge in [0.25, 0.3) is 5.56 Å². The normalized spacial score (nSPS) is 29.6. The van der Waals surface area contributed by atoms with Crippen molar-refractivity contribution < 1.29 is 4.79 Å². The second-order valence-corrected chi connectivity index (χ2v) is 5.55. The molecule has 1 aromatic heterocycles. The van der Waals surface area contributed by atoms with Crippen LogP contribution in [0, 0.1) is 5.92 Å². The van der Waals surface area contributed by atoms with E-state index in [4.69, 9.17) is 5.73 Å². The van der Waals surface area contributed by atoms with Gasteiger partial charge in [-0.15, -0.1) is 0 Å². The van der Waals surface area contributed by atoms with Crippen molar-refractivity contribution >= 4 is 5.91 Å². The Bertz CT molecular complexity index is 566. The van der Waals surface area contributed by atoms with Crippen molar-refractivity contribution in [2.24, 2.45) is 11.7 Å². The van der Waals surface area contributed by atoms with Gasteiger partial charge in [-0.2, -0.15) is 0 Å². The molecule has 2 heterocycles. The molecule has 2 aliphatic rings. The summed E-state index contributed by atoms with van der Waals surface area (Å²) in [6.07, 6.45) is 3.70. The molecule has 1 saturated heterocycles. The van der Waals surface area contributed by atoms with E-state index in [-0.39, 0.29) is 5.56 Å². The van der Waals surface area contributed by atoms with Crippen molar-refractivity contribution in [2.45, 2.75) is 24.9 Å². The van der Waals surface area contributed by atoms with Crippen LogP contribution in [0.25, 0.3) is 0 Å². The molecule has 102 valence electrons. The summed E-state index contributed by atoms with van der Waals surface area (Å²) in [4.78, 5) is 25.3. The van der Waals surface area contributed by atoms with Crippen LogP contribution in [0.4, 0.5) is 0 Å². The zero-order valence-corrected chi connectivity index (χ0v) is 10.9. The Morgan fingerprint density at radius 2 is 2.21 bits per heavy atom. The fourth-order valence-electron chi connectivity index (χ4n) is 3.25. The predicted octanol–water partition coefficient (Wildman–Crippen LogP) is -0.417. The van der Waals surface area contributed by atoms with Crippen molar-refractivity contribution in [2.75, 3.05) is 19.0 Å². The van der Waals surface area contributed by atoms with E-state index >= 15 is 0 Å². The first-order valence-electron chi connectivity index (χ1n) is 6.54. The van der Waals surface area contributed by atoms with Gasteiger partial charge >= 0.3 is 0 Å². The number of nitrogens with two attached hydrogens (primary N) is 1. The Kier molecular flexibility index (Phi) is 2.82. The summed E-state index contributed by atoms with van der Waals surface area (Å²) in [5, 5.41) is 0. The standard InChI is InChI=1S/C13H18N4O2/c1-16-6-9-4-10(16)5-11(9)15-17-7-8(13(14)19)2-3-12(17)18/h2-3,7,9-11,15H,4-6H2,1H3,(H2,14,19)/t9-,10-,11-/m0/s1. The number of pyridine rings is 1. The zero-order chi connectivity index (χ0) is 13.6. The zero-order valence-electron chi connectivity index (χ0n) is 10.9. The minimum absolute atomic E-state index is 0.166. The average molecular weight is 262 g/mol. The Hall–Kier alpha value is -1.82. The summed E-state index contributed by atoms with van der Waals surface area (Å²) >= 11 is 0. The Balaban J connectivity index is 1.79. The molecule has 1 saturated carbocycles. The monoisotopic (exact) mass is 262 g/mol. The van der Waals surface area contributed by atoms with E-state index in [0.29, 0.717) is 23.6 Å². The van der Waals surface area contributed by atoms with Crippen LogP contribution in [0.3, 0.4) is 0 Å². The lowest BCUT2D eigenvalue weighted by molar-refractivity contribution is 0.0999. The van der Waals surface area contributed by atoms with Gasteiger partial charge in [-0.1, -0.05) is 0 Å². The molecule has 1 aromatic rings. The summed E-state index contributed by atoms with van der Waals surface area (Å²) in [7, 11) is 2.14. The number of hydrogen-bond donors (Lipinski definition) is 2. The smallest absolute Gasteiger partial charge is 0.268 e. The van der Waals surface area contributed by atoms with Crippen LogP contribution in [-0.4, -0.2) is 41.2 Å². The number of rotatable bonds is 3. The van der Waals surface area contributed by atoms with Crippen molar-refractivity contribution in [3.63, 3.8) is 0 Å². The highest BCUT2D eigenvalue weighted by molar-refractivity contribution is 5.92. The number of hydrogen-bond acceptors (Lipinski definition) is 4. The maximum absolute atomic E-state index is 11.8. The van der Waals surface area contributed by atoms with Crippen LogP contribution >= 0.6 is 0 Å². The Morgan fingerprint density at radius 3 is 2.79 bits per heavy atom. The summed E-state index contributed by atoms with van der Waals surface area (Å²) in [5.74, 6) is 0.0439. The number of carbonyl (C=O) groups excluding carboxylic acids is 1. The third-order valence-corrected chi connectivity index (χ3v) is 4.32. The first-order valence-corrected chi connectivity index (χ1v) is 6.54. The predicted molar refractivity (Wildman–Crippen MR) is 71.5 cm³/mol. The van der Waals surface area contributed by atoms with Crippen molar-refractivity contribution in [3.8, 4) is 0 Å². The number of nitrogens with zero attached hydrogens (tertiary/aromatic N) is 2. The van der Waals surface area contributed by atoms with Crippen LogP contribution in [0.2, 0.25) is 0 Å². The number of fused-ring (bicyclic) bond motifs is 2. The number of amides is 1. The first kappa shape index (κ1) is 12.2. The van der Waals surface area contributed by atoms with E-state index < -0.39 is 5.91 Å². The molecule has 3 atom stereocenters. The molecule has 3 rings (SSSR count). The third-order valence-electron chi connectivity index (χ3n) is 4.32. The van der Waals surface area contributed by atoms with Crippen molar-refractivity contribution in [1.29, 1.82) is 0 Å². The van der Waals surface area contributed by atoms with Crippen LogP contribution < -0.4 is 16.7 Å². The first-order chi connectivity index (χ1) is 9.04. The van der Waals surface area contributed by atoms with E-state index in [1.54, 1.807) is 0 Å². The molecule has 3 N–H and O–H groups in total. The third kappa shape index (κ3) is 2.12. The molecule has 2 bridgehead atoms. The second kappa shape index (κ2) is 4.38. The van der Waals surface area contributed by atoms with E-state index in [1.165, 1.54) is 29.4 Å². The number of piperidine rings is 1. The molecule has 6 heteroatoms. The lowest BCUT2D eigenvalue weighted by atomic mass is 10.0. The maximum Gasteiger partial charge on any atom is 0.268 e. The quantitative estimate of drug-likeness (QED) is 0.775. The molecule has 0 spiro atoms. The van der Waals surface area contributed by atoms with Gasteiger partial charge in [0.15, 0.2) is 0 Å². The van der Waals surface area contributed by atoms with Gasteiger partial charge in [0.1, 0.15) is 0 Å². The highest BCUT2D eigenvalue weighted by Gasteiger charge is 2.43. The van der Waals surface area contributed by atoms with Gasteiger partial charge in [-0.05, 0) is 31.9 Å². The van der Waals surface area contributed by atoms with Gasteiger partial charge in [0, 0.05) is 30.9 Å². The Labute approximate surface area is 111 Å². The molecular formula is C13H18N4O2. The summed E-state index contributed by atoms with van der Waals surface area (Å²) < 4.78 is 1.39. The van der Waals surface area contributed by atoms with Gasteiger partial charge in [-0.25, -0.2) is 4.68 Å². The number of aromatic nitrogens is 1. The molecule has 0 unspecified atom stereocenters.